The van der Waals surface area contributed by atoms with Crippen LogP contribution in [0.15, 0.2) is 24.3 Å². The van der Waals surface area contributed by atoms with Crippen molar-refractivity contribution < 1.29 is 9.90 Å². The van der Waals surface area contributed by atoms with E-state index in [4.69, 9.17) is 16.7 Å². The van der Waals surface area contributed by atoms with Gasteiger partial charge in [-0.25, -0.2) is 0 Å². The van der Waals surface area contributed by atoms with Crippen LogP contribution in [0.4, 0.5) is 0 Å². The second kappa shape index (κ2) is 7.15. The lowest BCUT2D eigenvalue weighted by Gasteiger charge is -2.22. The van der Waals surface area contributed by atoms with Gasteiger partial charge in [-0.05, 0) is 43.4 Å². The molecule has 1 aromatic carbocycles. The summed E-state index contributed by atoms with van der Waals surface area (Å²) in [7, 11) is 0. The lowest BCUT2D eigenvalue weighted by molar-refractivity contribution is 0.0725. The van der Waals surface area contributed by atoms with Crippen LogP contribution in [-0.2, 0) is 19.4 Å². The highest BCUT2D eigenvalue weighted by Gasteiger charge is 2.26. The van der Waals surface area contributed by atoms with E-state index in [1.807, 2.05) is 24.3 Å². The Morgan fingerprint density at radius 3 is 3.04 bits per heavy atom. The Morgan fingerprint density at radius 2 is 2.26 bits per heavy atom. The van der Waals surface area contributed by atoms with Crippen molar-refractivity contribution in [2.45, 2.75) is 32.2 Å². The number of aliphatic hydroxyl groups excluding tert-OH is 1. The Hall–Kier alpha value is -1.85. The van der Waals surface area contributed by atoms with Gasteiger partial charge < -0.3 is 10.0 Å². The van der Waals surface area contributed by atoms with Crippen LogP contribution in [0.3, 0.4) is 0 Å². The normalized spacial score (nSPS) is 13.1. The van der Waals surface area contributed by atoms with E-state index in [9.17, 15) is 4.79 Å². The van der Waals surface area contributed by atoms with E-state index in [0.29, 0.717) is 30.2 Å². The predicted octanol–water partition coefficient (Wildman–Crippen LogP) is 2.58. The summed E-state index contributed by atoms with van der Waals surface area (Å²) in [6.07, 6.45) is 3.46. The van der Waals surface area contributed by atoms with E-state index >= 15 is 0 Å². The quantitative estimate of drug-likeness (QED) is 0.853. The van der Waals surface area contributed by atoms with Gasteiger partial charge in [-0.3, -0.25) is 9.89 Å². The Labute approximate surface area is 140 Å². The van der Waals surface area contributed by atoms with Crippen molar-refractivity contribution in [2.75, 3.05) is 13.2 Å². The molecule has 1 heterocycles. The number of benzene rings is 1. The van der Waals surface area contributed by atoms with Gasteiger partial charge in [-0.15, -0.1) is 0 Å². The topological polar surface area (TPSA) is 69.2 Å². The van der Waals surface area contributed by atoms with Crippen LogP contribution in [0, 0.1) is 0 Å². The predicted molar refractivity (Wildman–Crippen MR) is 88.5 cm³/mol. The van der Waals surface area contributed by atoms with E-state index in [1.54, 1.807) is 4.90 Å². The Balaban J connectivity index is 1.81. The molecule has 0 saturated heterocycles. The number of fused-ring (bicyclic) bond motifs is 1. The Kier molecular flexibility index (Phi) is 4.98. The van der Waals surface area contributed by atoms with E-state index in [-0.39, 0.29) is 12.5 Å². The molecule has 1 aliphatic rings. The van der Waals surface area contributed by atoms with Gasteiger partial charge in [0.15, 0.2) is 5.69 Å². The number of halogens is 1. The van der Waals surface area contributed by atoms with Crippen LogP contribution in [0.25, 0.3) is 0 Å². The maximum atomic E-state index is 12.9. The fourth-order valence-corrected chi connectivity index (χ4v) is 3.23. The van der Waals surface area contributed by atoms with E-state index < -0.39 is 0 Å². The molecule has 122 valence electrons. The summed E-state index contributed by atoms with van der Waals surface area (Å²) >= 11 is 6.03. The highest BCUT2D eigenvalue weighted by atomic mass is 35.5. The lowest BCUT2D eigenvalue weighted by atomic mass is 10.1. The molecule has 0 fully saturated rings. The minimum Gasteiger partial charge on any atom is -0.396 e. The van der Waals surface area contributed by atoms with Crippen molar-refractivity contribution in [3.8, 4) is 0 Å². The number of hydrogen-bond acceptors (Lipinski definition) is 3. The number of H-pyrrole nitrogens is 1. The number of aryl methyl sites for hydroxylation is 1. The summed E-state index contributed by atoms with van der Waals surface area (Å²) in [5, 5.41) is 17.0. The second-order valence-corrected chi connectivity index (χ2v) is 6.25. The number of aliphatic hydroxyl groups is 1. The van der Waals surface area contributed by atoms with Crippen LogP contribution in [0.5, 0.6) is 0 Å². The maximum absolute atomic E-state index is 12.9. The van der Waals surface area contributed by atoms with E-state index in [0.717, 1.165) is 36.1 Å². The third kappa shape index (κ3) is 3.57. The summed E-state index contributed by atoms with van der Waals surface area (Å²) in [4.78, 5) is 14.6. The summed E-state index contributed by atoms with van der Waals surface area (Å²) in [5.41, 5.74) is 3.63. The van der Waals surface area contributed by atoms with Crippen molar-refractivity contribution in [1.82, 2.24) is 15.1 Å². The first-order chi connectivity index (χ1) is 11.2. The number of amides is 1. The van der Waals surface area contributed by atoms with Gasteiger partial charge in [0.25, 0.3) is 5.91 Å². The monoisotopic (exact) mass is 333 g/mol. The highest BCUT2D eigenvalue weighted by molar-refractivity contribution is 6.30. The Morgan fingerprint density at radius 1 is 1.39 bits per heavy atom. The standard InChI is InChI=1S/C17H20ClN3O2/c18-13-5-1-4-12(10-13)11-21(8-3-9-22)17(23)16-14-6-2-7-15(14)19-20-16/h1,4-5,10,22H,2-3,6-9,11H2,(H,19,20). The van der Waals surface area contributed by atoms with Crippen molar-refractivity contribution in [2.24, 2.45) is 0 Å². The molecule has 0 atom stereocenters. The molecule has 23 heavy (non-hydrogen) atoms. The zero-order chi connectivity index (χ0) is 16.2. The van der Waals surface area contributed by atoms with Gasteiger partial charge in [0.1, 0.15) is 0 Å². The molecular formula is C17H20ClN3O2. The average molecular weight is 334 g/mol. The number of hydrogen-bond donors (Lipinski definition) is 2. The molecule has 6 heteroatoms. The zero-order valence-electron chi connectivity index (χ0n) is 12.9. The minimum atomic E-state index is -0.0853. The van der Waals surface area contributed by atoms with Crippen molar-refractivity contribution >= 4 is 17.5 Å². The van der Waals surface area contributed by atoms with Crippen LogP contribution in [-0.4, -0.2) is 39.3 Å². The summed E-state index contributed by atoms with van der Waals surface area (Å²) in [6.45, 7) is 1.00. The number of nitrogens with zero attached hydrogens (tertiary/aromatic N) is 2. The first-order valence-electron chi connectivity index (χ1n) is 7.89. The van der Waals surface area contributed by atoms with Gasteiger partial charge in [0.05, 0.1) is 0 Å². The number of carbonyl (C=O) groups is 1. The first-order valence-corrected chi connectivity index (χ1v) is 8.27. The number of aromatic nitrogens is 2. The summed E-state index contributed by atoms with van der Waals surface area (Å²) in [5.74, 6) is -0.0853. The largest absolute Gasteiger partial charge is 0.396 e. The number of aromatic amines is 1. The highest BCUT2D eigenvalue weighted by Crippen LogP contribution is 2.24. The van der Waals surface area contributed by atoms with Crippen LogP contribution in [0.2, 0.25) is 5.02 Å². The van der Waals surface area contributed by atoms with Gasteiger partial charge in [-0.2, -0.15) is 5.10 Å². The zero-order valence-corrected chi connectivity index (χ0v) is 13.6. The summed E-state index contributed by atoms with van der Waals surface area (Å²) < 4.78 is 0. The van der Waals surface area contributed by atoms with Crippen LogP contribution >= 0.6 is 11.6 Å². The van der Waals surface area contributed by atoms with Gasteiger partial charge in [-0.1, -0.05) is 23.7 Å². The fourth-order valence-electron chi connectivity index (χ4n) is 3.02. The molecule has 1 aromatic heterocycles. The lowest BCUT2D eigenvalue weighted by Crippen LogP contribution is -2.32. The average Bonchev–Trinajstić information content (AvgIpc) is 3.14. The first kappa shape index (κ1) is 16.0. The molecule has 5 nitrogen and oxygen atoms in total. The number of rotatable bonds is 6. The van der Waals surface area contributed by atoms with Gasteiger partial charge in [0.2, 0.25) is 0 Å². The molecule has 0 unspecified atom stereocenters. The third-order valence-corrected chi connectivity index (χ3v) is 4.38. The molecule has 3 rings (SSSR count). The maximum Gasteiger partial charge on any atom is 0.274 e. The molecular weight excluding hydrogens is 314 g/mol. The molecule has 2 aromatic rings. The van der Waals surface area contributed by atoms with E-state index in [2.05, 4.69) is 10.2 Å². The number of carbonyl (C=O) groups excluding carboxylic acids is 1. The molecule has 0 saturated carbocycles. The molecule has 0 bridgehead atoms. The van der Waals surface area contributed by atoms with Crippen molar-refractivity contribution in [3.05, 3.63) is 51.8 Å². The molecule has 2 N–H and O–H groups in total. The molecule has 0 aliphatic heterocycles. The van der Waals surface area contributed by atoms with Gasteiger partial charge >= 0.3 is 0 Å². The van der Waals surface area contributed by atoms with Crippen LogP contribution in [0.1, 0.15) is 40.2 Å². The van der Waals surface area contributed by atoms with Crippen LogP contribution < -0.4 is 0 Å². The molecule has 1 amide bonds. The fraction of sp³-hybridized carbons (Fsp3) is 0.412. The molecule has 0 radical (unpaired) electrons. The molecule has 1 aliphatic carbocycles. The Bertz CT molecular complexity index is 699. The van der Waals surface area contributed by atoms with Gasteiger partial charge in [0, 0.05) is 36.0 Å². The smallest absolute Gasteiger partial charge is 0.274 e. The minimum absolute atomic E-state index is 0.0536. The number of nitrogens with one attached hydrogen (secondary N) is 1. The van der Waals surface area contributed by atoms with E-state index in [1.165, 1.54) is 0 Å². The SMILES string of the molecule is O=C(c1n[nH]c2c1CCC2)N(CCCO)Cc1cccc(Cl)c1. The van der Waals surface area contributed by atoms with Crippen molar-refractivity contribution in [1.29, 1.82) is 0 Å². The summed E-state index contributed by atoms with van der Waals surface area (Å²) in [6, 6.07) is 7.49. The van der Waals surface area contributed by atoms with Crippen molar-refractivity contribution in [3.63, 3.8) is 0 Å². The second-order valence-electron chi connectivity index (χ2n) is 5.82. The molecule has 0 spiro atoms. The third-order valence-electron chi connectivity index (χ3n) is 4.14.